The SMILES string of the molecule is N#C[C@@H]1CC(F)(F)CN1C(=O)[C@@H]1C[C@@H](CC(=O)N2Cc3cccc(CN4CCNCC4)c3C2)C(=O)N1. The van der Waals surface area contributed by atoms with Crippen LogP contribution in [0.4, 0.5) is 8.78 Å². The Hall–Kier alpha value is -3.10. The van der Waals surface area contributed by atoms with Gasteiger partial charge in [0.05, 0.1) is 12.6 Å². The minimum Gasteiger partial charge on any atom is -0.344 e. The summed E-state index contributed by atoms with van der Waals surface area (Å²) in [5.74, 6) is -5.12. The summed E-state index contributed by atoms with van der Waals surface area (Å²) in [5.41, 5.74) is 3.48. The molecule has 3 fully saturated rings. The van der Waals surface area contributed by atoms with Crippen LogP contribution in [-0.4, -0.2) is 83.2 Å². The van der Waals surface area contributed by atoms with Crippen molar-refractivity contribution in [3.05, 3.63) is 34.9 Å². The number of hydrogen-bond acceptors (Lipinski definition) is 6. The third-order valence-electron chi connectivity index (χ3n) is 7.67. The largest absolute Gasteiger partial charge is 0.344 e. The number of nitrogens with one attached hydrogen (secondary N) is 2. The summed E-state index contributed by atoms with van der Waals surface area (Å²) in [6.45, 7) is 4.85. The molecule has 3 atom stereocenters. The molecule has 0 aromatic heterocycles. The maximum atomic E-state index is 13.8. The lowest BCUT2D eigenvalue weighted by Crippen LogP contribution is -2.46. The summed E-state index contributed by atoms with van der Waals surface area (Å²) in [6.07, 6.45) is -0.697. The topological polar surface area (TPSA) is 109 Å². The summed E-state index contributed by atoms with van der Waals surface area (Å²) in [4.78, 5) is 43.5. The van der Waals surface area contributed by atoms with Crippen LogP contribution in [0.2, 0.25) is 0 Å². The van der Waals surface area contributed by atoms with Crippen molar-refractivity contribution >= 4 is 17.7 Å². The third-order valence-corrected chi connectivity index (χ3v) is 7.67. The minimum atomic E-state index is -3.12. The van der Waals surface area contributed by atoms with Gasteiger partial charge in [0.2, 0.25) is 17.7 Å². The van der Waals surface area contributed by atoms with E-state index in [0.717, 1.165) is 48.8 Å². The lowest BCUT2D eigenvalue weighted by Gasteiger charge is -2.28. The molecule has 192 valence electrons. The van der Waals surface area contributed by atoms with E-state index in [2.05, 4.69) is 21.6 Å². The van der Waals surface area contributed by atoms with Crippen molar-refractivity contribution in [2.24, 2.45) is 5.92 Å². The molecule has 11 heteroatoms. The summed E-state index contributed by atoms with van der Waals surface area (Å²) in [6, 6.07) is 5.68. The highest BCUT2D eigenvalue weighted by Crippen LogP contribution is 2.34. The number of hydrogen-bond donors (Lipinski definition) is 2. The van der Waals surface area contributed by atoms with E-state index in [-0.39, 0.29) is 18.7 Å². The van der Waals surface area contributed by atoms with Crippen LogP contribution in [0.1, 0.15) is 36.0 Å². The van der Waals surface area contributed by atoms with E-state index in [9.17, 15) is 28.4 Å². The quantitative estimate of drug-likeness (QED) is 0.613. The first-order valence-corrected chi connectivity index (χ1v) is 12.4. The van der Waals surface area contributed by atoms with Gasteiger partial charge in [-0.25, -0.2) is 8.78 Å². The monoisotopic (exact) mass is 500 g/mol. The molecule has 1 aromatic rings. The van der Waals surface area contributed by atoms with Crippen LogP contribution < -0.4 is 10.6 Å². The van der Waals surface area contributed by atoms with Gasteiger partial charge in [0.1, 0.15) is 12.1 Å². The van der Waals surface area contributed by atoms with Gasteiger partial charge in [-0.1, -0.05) is 18.2 Å². The van der Waals surface area contributed by atoms with E-state index in [1.807, 2.05) is 12.1 Å². The average molecular weight is 501 g/mol. The Morgan fingerprint density at radius 2 is 1.97 bits per heavy atom. The first kappa shape index (κ1) is 24.6. The number of carbonyl (C=O) groups excluding carboxylic acids is 3. The zero-order chi connectivity index (χ0) is 25.4. The molecule has 3 saturated heterocycles. The number of halogens is 2. The standard InChI is InChI=1S/C25H30F2N6O3/c26-25(27)10-19(11-28)33(15-25)24(36)21-8-18(23(35)30-21)9-22(34)32-13-17-3-1-2-16(20(17)14-32)12-31-6-4-29-5-7-31/h1-3,18-19,21,29H,4-10,12-15H2,(H,30,35)/t18-,19-,21-/m0/s1. The van der Waals surface area contributed by atoms with E-state index < -0.39 is 48.7 Å². The number of likely N-dealkylation sites (tertiary alicyclic amines) is 1. The van der Waals surface area contributed by atoms with Crippen molar-refractivity contribution in [2.45, 2.75) is 56.9 Å². The van der Waals surface area contributed by atoms with Crippen LogP contribution >= 0.6 is 0 Å². The molecule has 2 N–H and O–H groups in total. The number of carbonyl (C=O) groups is 3. The number of alkyl halides is 2. The van der Waals surface area contributed by atoms with Gasteiger partial charge in [-0.15, -0.1) is 0 Å². The van der Waals surface area contributed by atoms with Gasteiger partial charge >= 0.3 is 0 Å². The molecular weight excluding hydrogens is 470 g/mol. The Balaban J connectivity index is 1.19. The molecule has 4 aliphatic heterocycles. The Kier molecular flexibility index (Phi) is 6.66. The first-order valence-electron chi connectivity index (χ1n) is 12.4. The van der Waals surface area contributed by atoms with Gasteiger partial charge in [-0.05, 0) is 23.1 Å². The Morgan fingerprint density at radius 1 is 1.19 bits per heavy atom. The lowest BCUT2D eigenvalue weighted by molar-refractivity contribution is -0.135. The van der Waals surface area contributed by atoms with Gasteiger partial charge in [0, 0.05) is 64.6 Å². The molecule has 5 rings (SSSR count). The second kappa shape index (κ2) is 9.75. The lowest BCUT2D eigenvalue weighted by atomic mass is 9.99. The Morgan fingerprint density at radius 3 is 2.72 bits per heavy atom. The van der Waals surface area contributed by atoms with Crippen LogP contribution in [0.15, 0.2) is 18.2 Å². The van der Waals surface area contributed by atoms with Gasteiger partial charge in [0.15, 0.2) is 0 Å². The number of fused-ring (bicyclic) bond motifs is 1. The number of amides is 3. The number of benzene rings is 1. The number of nitrogens with zero attached hydrogens (tertiary/aromatic N) is 4. The number of nitriles is 1. The second-order valence-corrected chi connectivity index (χ2v) is 10.2. The molecular formula is C25H30F2N6O3. The van der Waals surface area contributed by atoms with Crippen LogP contribution in [0.5, 0.6) is 0 Å². The molecule has 0 saturated carbocycles. The maximum Gasteiger partial charge on any atom is 0.268 e. The van der Waals surface area contributed by atoms with E-state index >= 15 is 0 Å². The van der Waals surface area contributed by atoms with Crippen LogP contribution in [0.25, 0.3) is 0 Å². The molecule has 3 amide bonds. The Bertz CT molecular complexity index is 1100. The van der Waals surface area contributed by atoms with Crippen LogP contribution in [0.3, 0.4) is 0 Å². The fraction of sp³-hybridized carbons (Fsp3) is 0.600. The van der Waals surface area contributed by atoms with Crippen molar-refractivity contribution in [3.8, 4) is 6.07 Å². The van der Waals surface area contributed by atoms with Crippen molar-refractivity contribution in [1.29, 1.82) is 5.26 Å². The highest BCUT2D eigenvalue weighted by Gasteiger charge is 2.50. The average Bonchev–Trinajstić information content (AvgIpc) is 3.54. The number of rotatable bonds is 5. The van der Waals surface area contributed by atoms with Crippen molar-refractivity contribution in [2.75, 3.05) is 32.7 Å². The predicted octanol–water partition coefficient (Wildman–Crippen LogP) is 0.589. The van der Waals surface area contributed by atoms with Gasteiger partial charge in [-0.3, -0.25) is 19.3 Å². The van der Waals surface area contributed by atoms with Gasteiger partial charge in [-0.2, -0.15) is 5.26 Å². The molecule has 1 aromatic carbocycles. The van der Waals surface area contributed by atoms with Crippen molar-refractivity contribution < 1.29 is 23.2 Å². The smallest absolute Gasteiger partial charge is 0.268 e. The third kappa shape index (κ3) is 4.92. The van der Waals surface area contributed by atoms with Crippen LogP contribution in [0, 0.1) is 17.2 Å². The summed E-state index contributed by atoms with van der Waals surface area (Å²) in [7, 11) is 0. The minimum absolute atomic E-state index is 0.0471. The molecule has 0 spiro atoms. The first-order chi connectivity index (χ1) is 17.2. The maximum absolute atomic E-state index is 13.8. The van der Waals surface area contributed by atoms with E-state index in [1.54, 1.807) is 11.0 Å². The summed E-state index contributed by atoms with van der Waals surface area (Å²) < 4.78 is 27.5. The van der Waals surface area contributed by atoms with Gasteiger partial charge in [0.25, 0.3) is 5.92 Å². The molecule has 0 unspecified atom stereocenters. The number of piperazine rings is 1. The second-order valence-electron chi connectivity index (χ2n) is 10.2. The molecule has 4 heterocycles. The normalized spacial score (nSPS) is 27.6. The molecule has 0 aliphatic carbocycles. The zero-order valence-electron chi connectivity index (χ0n) is 20.0. The Labute approximate surface area is 208 Å². The van der Waals surface area contributed by atoms with E-state index in [1.165, 1.54) is 5.56 Å². The molecule has 36 heavy (non-hydrogen) atoms. The van der Waals surface area contributed by atoms with Gasteiger partial charge < -0.3 is 20.4 Å². The van der Waals surface area contributed by atoms with Crippen molar-refractivity contribution in [3.63, 3.8) is 0 Å². The fourth-order valence-corrected chi connectivity index (χ4v) is 5.71. The zero-order valence-corrected chi connectivity index (χ0v) is 20.0. The fourth-order valence-electron chi connectivity index (χ4n) is 5.71. The summed E-state index contributed by atoms with van der Waals surface area (Å²) in [5, 5.41) is 15.1. The predicted molar refractivity (Wildman–Crippen MR) is 124 cm³/mol. The van der Waals surface area contributed by atoms with Crippen LogP contribution in [-0.2, 0) is 34.0 Å². The highest BCUT2D eigenvalue weighted by molar-refractivity contribution is 5.94. The molecule has 4 aliphatic rings. The summed E-state index contributed by atoms with van der Waals surface area (Å²) >= 11 is 0. The highest BCUT2D eigenvalue weighted by atomic mass is 19.3. The van der Waals surface area contributed by atoms with Crippen molar-refractivity contribution in [1.82, 2.24) is 25.3 Å². The van der Waals surface area contributed by atoms with E-state index in [4.69, 9.17) is 0 Å². The molecule has 0 radical (unpaired) electrons. The molecule has 0 bridgehead atoms. The van der Waals surface area contributed by atoms with E-state index in [0.29, 0.717) is 13.1 Å². The molecule has 9 nitrogen and oxygen atoms in total.